The fourth-order valence-corrected chi connectivity index (χ4v) is 1.48. The Morgan fingerprint density at radius 1 is 1.00 bits per heavy atom. The number of carbonyl (C=O) groups is 1. The number of carbonyl (C=O) groups excluding carboxylic acids is 1. The van der Waals surface area contributed by atoms with Gasteiger partial charge in [-0.2, -0.15) is 0 Å². The summed E-state index contributed by atoms with van der Waals surface area (Å²) in [5.41, 5.74) is -1.00. The normalized spacial score (nSPS) is 12.6. The Labute approximate surface area is 102 Å². The summed E-state index contributed by atoms with van der Waals surface area (Å²) in [6, 6.07) is 0. The van der Waals surface area contributed by atoms with Crippen molar-refractivity contribution in [3.8, 4) is 0 Å². The average Bonchev–Trinajstić information content (AvgIpc) is 2.29. The fourth-order valence-electron chi connectivity index (χ4n) is 1.15. The Kier molecular flexibility index (Phi) is 4.24. The molecule has 7 heteroatoms. The SMILES string of the molecule is CC(=O)C(Br)Cc1c(F)c(F)c(F)c(F)c1F. The molecule has 1 nitrogen and oxygen atoms in total. The van der Waals surface area contributed by atoms with Gasteiger partial charge in [0.1, 0.15) is 5.78 Å². The molecule has 0 fully saturated rings. The molecule has 0 aromatic heterocycles. The highest BCUT2D eigenvalue weighted by atomic mass is 79.9. The first kappa shape index (κ1) is 14.1. The summed E-state index contributed by atoms with van der Waals surface area (Å²) in [6.45, 7) is 1.13. The summed E-state index contributed by atoms with van der Waals surface area (Å²) in [7, 11) is 0. The maximum atomic E-state index is 13.2. The van der Waals surface area contributed by atoms with E-state index in [4.69, 9.17) is 0 Å². The second-order valence-electron chi connectivity index (χ2n) is 3.33. The van der Waals surface area contributed by atoms with Crippen molar-refractivity contribution in [3.05, 3.63) is 34.6 Å². The number of benzene rings is 1. The number of alkyl halides is 1. The molecule has 0 aliphatic heterocycles. The van der Waals surface area contributed by atoms with Gasteiger partial charge in [0, 0.05) is 5.56 Å². The van der Waals surface area contributed by atoms with Crippen LogP contribution in [-0.4, -0.2) is 10.6 Å². The zero-order valence-electron chi connectivity index (χ0n) is 8.46. The summed E-state index contributed by atoms with van der Waals surface area (Å²) >= 11 is 2.79. The van der Waals surface area contributed by atoms with Gasteiger partial charge in [0.2, 0.25) is 5.82 Å². The van der Waals surface area contributed by atoms with Crippen LogP contribution < -0.4 is 0 Å². The Morgan fingerprint density at radius 2 is 1.35 bits per heavy atom. The van der Waals surface area contributed by atoms with E-state index in [1.807, 2.05) is 0 Å². The van der Waals surface area contributed by atoms with Gasteiger partial charge in [-0.3, -0.25) is 4.79 Å². The summed E-state index contributed by atoms with van der Waals surface area (Å²) in [5, 5.41) is 0. The van der Waals surface area contributed by atoms with Gasteiger partial charge < -0.3 is 0 Å². The van der Waals surface area contributed by atoms with Gasteiger partial charge in [0.05, 0.1) is 4.83 Å². The van der Waals surface area contributed by atoms with Crippen molar-refractivity contribution < 1.29 is 26.7 Å². The van der Waals surface area contributed by atoms with Gasteiger partial charge in [-0.15, -0.1) is 0 Å². The minimum absolute atomic E-state index is 0.478. The molecule has 1 aromatic rings. The topological polar surface area (TPSA) is 17.1 Å². The molecule has 0 aliphatic rings. The molecule has 1 aromatic carbocycles. The van der Waals surface area contributed by atoms with Crippen LogP contribution in [0.5, 0.6) is 0 Å². The van der Waals surface area contributed by atoms with E-state index in [-0.39, 0.29) is 0 Å². The number of rotatable bonds is 3. The quantitative estimate of drug-likeness (QED) is 0.362. The van der Waals surface area contributed by atoms with Crippen LogP contribution in [0.1, 0.15) is 12.5 Å². The minimum Gasteiger partial charge on any atom is -0.299 e. The lowest BCUT2D eigenvalue weighted by Crippen LogP contribution is -2.17. The molecule has 0 saturated heterocycles. The van der Waals surface area contributed by atoms with Gasteiger partial charge in [0.15, 0.2) is 23.3 Å². The maximum absolute atomic E-state index is 13.2. The van der Waals surface area contributed by atoms with E-state index in [2.05, 4.69) is 15.9 Å². The Morgan fingerprint density at radius 3 is 1.71 bits per heavy atom. The van der Waals surface area contributed by atoms with Crippen molar-refractivity contribution in [1.82, 2.24) is 0 Å². The molecule has 0 amide bonds. The van der Waals surface area contributed by atoms with Crippen LogP contribution in [0.2, 0.25) is 0 Å². The summed E-state index contributed by atoms with van der Waals surface area (Å²) in [6.07, 6.45) is -0.610. The number of hydrogen-bond donors (Lipinski definition) is 0. The van der Waals surface area contributed by atoms with E-state index < -0.39 is 51.7 Å². The van der Waals surface area contributed by atoms with E-state index >= 15 is 0 Å². The predicted molar refractivity (Wildman–Crippen MR) is 53.3 cm³/mol. The third kappa shape index (κ3) is 2.65. The third-order valence-electron chi connectivity index (χ3n) is 2.13. The zero-order valence-corrected chi connectivity index (χ0v) is 10.0. The van der Waals surface area contributed by atoms with Crippen LogP contribution in [0.25, 0.3) is 0 Å². The van der Waals surface area contributed by atoms with E-state index in [9.17, 15) is 26.7 Å². The molecule has 1 atom stereocenters. The van der Waals surface area contributed by atoms with Crippen molar-refractivity contribution in [1.29, 1.82) is 0 Å². The maximum Gasteiger partial charge on any atom is 0.200 e. The molecule has 0 aliphatic carbocycles. The fraction of sp³-hybridized carbons (Fsp3) is 0.300. The van der Waals surface area contributed by atoms with Gasteiger partial charge in [0.25, 0.3) is 0 Å². The number of Topliss-reactive ketones (excluding diaryl/α,β-unsaturated/α-hetero) is 1. The van der Waals surface area contributed by atoms with Crippen molar-refractivity contribution in [3.63, 3.8) is 0 Å². The van der Waals surface area contributed by atoms with Crippen molar-refractivity contribution >= 4 is 21.7 Å². The molecule has 0 heterocycles. The van der Waals surface area contributed by atoms with Crippen LogP contribution in [-0.2, 0) is 11.2 Å². The number of halogens is 6. The summed E-state index contributed by atoms with van der Waals surface area (Å²) in [4.78, 5) is 9.85. The second kappa shape index (κ2) is 5.12. The molecule has 0 spiro atoms. The molecule has 1 rings (SSSR count). The number of ketones is 1. The van der Waals surface area contributed by atoms with Crippen LogP contribution in [0, 0.1) is 29.1 Å². The Balaban J connectivity index is 3.30. The number of hydrogen-bond acceptors (Lipinski definition) is 1. The molecule has 1 unspecified atom stereocenters. The molecule has 0 radical (unpaired) electrons. The summed E-state index contributed by atoms with van der Waals surface area (Å²) < 4.78 is 64.6. The largest absolute Gasteiger partial charge is 0.299 e. The lowest BCUT2D eigenvalue weighted by Gasteiger charge is -2.10. The third-order valence-corrected chi connectivity index (χ3v) is 3.09. The van der Waals surface area contributed by atoms with Gasteiger partial charge in [-0.25, -0.2) is 22.0 Å². The smallest absolute Gasteiger partial charge is 0.200 e. The van der Waals surface area contributed by atoms with Crippen LogP contribution in [0.15, 0.2) is 0 Å². The average molecular weight is 317 g/mol. The monoisotopic (exact) mass is 316 g/mol. The van der Waals surface area contributed by atoms with E-state index in [1.165, 1.54) is 0 Å². The van der Waals surface area contributed by atoms with E-state index in [1.54, 1.807) is 0 Å². The Bertz CT molecular complexity index is 445. The van der Waals surface area contributed by atoms with Gasteiger partial charge in [-0.05, 0) is 13.3 Å². The first-order valence-electron chi connectivity index (χ1n) is 4.42. The van der Waals surface area contributed by atoms with Crippen LogP contribution in [0.4, 0.5) is 22.0 Å². The van der Waals surface area contributed by atoms with Crippen LogP contribution >= 0.6 is 15.9 Å². The first-order valence-corrected chi connectivity index (χ1v) is 5.33. The van der Waals surface area contributed by atoms with Crippen LogP contribution in [0.3, 0.4) is 0 Å². The highest BCUT2D eigenvalue weighted by molar-refractivity contribution is 9.10. The van der Waals surface area contributed by atoms with Gasteiger partial charge >= 0.3 is 0 Å². The molecule has 94 valence electrons. The molecule has 17 heavy (non-hydrogen) atoms. The highest BCUT2D eigenvalue weighted by Crippen LogP contribution is 2.25. The first-order chi connectivity index (χ1) is 7.77. The van der Waals surface area contributed by atoms with Crippen molar-refractivity contribution in [2.24, 2.45) is 0 Å². The standard InChI is InChI=1S/C10H6BrF5O/c1-3(17)5(11)2-4-6(12)8(14)10(16)9(15)7(4)13/h5H,2H2,1H3. The second-order valence-corrected chi connectivity index (χ2v) is 4.44. The summed E-state index contributed by atoms with van der Waals surface area (Å²) in [5.74, 6) is -10.5. The van der Waals surface area contributed by atoms with E-state index in [0.29, 0.717) is 0 Å². The highest BCUT2D eigenvalue weighted by Gasteiger charge is 2.27. The van der Waals surface area contributed by atoms with Crippen molar-refractivity contribution in [2.45, 2.75) is 18.2 Å². The minimum atomic E-state index is -2.21. The molecule has 0 saturated carbocycles. The molecular weight excluding hydrogens is 311 g/mol. The predicted octanol–water partition coefficient (Wildman–Crippen LogP) is 3.28. The van der Waals surface area contributed by atoms with E-state index in [0.717, 1.165) is 6.92 Å². The lowest BCUT2D eigenvalue weighted by molar-refractivity contribution is -0.116. The van der Waals surface area contributed by atoms with Gasteiger partial charge in [-0.1, -0.05) is 15.9 Å². The molecular formula is C10H6BrF5O. The Hall–Kier alpha value is -0.980. The zero-order chi connectivity index (χ0) is 13.3. The lowest BCUT2D eigenvalue weighted by atomic mass is 10.1. The molecule has 0 N–H and O–H groups in total. The molecule has 0 bridgehead atoms. The van der Waals surface area contributed by atoms with Crippen molar-refractivity contribution in [2.75, 3.05) is 0 Å².